The van der Waals surface area contributed by atoms with Gasteiger partial charge in [0, 0.05) is 47.9 Å². The number of hydrogen-bond donors (Lipinski definition) is 3. The number of nitrogens with two attached hydrogens (primary N) is 1. The summed E-state index contributed by atoms with van der Waals surface area (Å²) in [5.41, 5.74) is 7.32. The number of nitrogens with zero attached hydrogens (tertiary/aromatic N) is 5. The average Bonchev–Trinajstić information content (AvgIpc) is 2.70. The van der Waals surface area contributed by atoms with Gasteiger partial charge in [-0.05, 0) is 31.5 Å². The van der Waals surface area contributed by atoms with E-state index in [0.29, 0.717) is 53.2 Å². The van der Waals surface area contributed by atoms with Crippen molar-refractivity contribution in [3.8, 4) is 0 Å². The summed E-state index contributed by atoms with van der Waals surface area (Å²) in [4.78, 5) is 25.8. The van der Waals surface area contributed by atoms with E-state index in [1.165, 1.54) is 0 Å². The highest BCUT2D eigenvalue weighted by atomic mass is 35.5. The van der Waals surface area contributed by atoms with Gasteiger partial charge in [-0.15, -0.1) is 0 Å². The highest BCUT2D eigenvalue weighted by Gasteiger charge is 2.34. The third-order valence-corrected chi connectivity index (χ3v) is 5.65. The number of aryl methyl sites for hydroxylation is 1. The maximum atomic E-state index is 11.2. The van der Waals surface area contributed by atoms with Gasteiger partial charge in [0.25, 0.3) is 12.1 Å². The number of nitrogens with one attached hydrogen (secondary N) is 2. The first kappa shape index (κ1) is 23.0. The number of nitro groups is 1. The van der Waals surface area contributed by atoms with Crippen LogP contribution in [0.4, 0.5) is 17.5 Å². The lowest BCUT2D eigenvalue weighted by molar-refractivity contribution is -0.554. The fourth-order valence-electron chi connectivity index (χ4n) is 3.47. The van der Waals surface area contributed by atoms with Gasteiger partial charge in [-0.25, -0.2) is 9.88 Å². The Morgan fingerprint density at radius 3 is 2.77 bits per heavy atom. The summed E-state index contributed by atoms with van der Waals surface area (Å²) in [6.07, 6.45) is 0.515. The molecule has 31 heavy (non-hydrogen) atoms. The predicted octanol–water partition coefficient (Wildman–Crippen LogP) is 3.65. The van der Waals surface area contributed by atoms with E-state index in [2.05, 4.69) is 25.6 Å². The van der Waals surface area contributed by atoms with Crippen molar-refractivity contribution in [1.82, 2.24) is 14.9 Å². The van der Waals surface area contributed by atoms with E-state index in [9.17, 15) is 10.1 Å². The molecule has 12 heteroatoms. The quantitative estimate of drug-likeness (QED) is 0.254. The average molecular weight is 467 g/mol. The number of benzene rings is 1. The first-order valence-electron chi connectivity index (χ1n) is 9.81. The molecular formula is C19H24Cl2N8O2. The van der Waals surface area contributed by atoms with Gasteiger partial charge in [0.2, 0.25) is 5.96 Å². The van der Waals surface area contributed by atoms with Crippen LogP contribution in [0.3, 0.4) is 0 Å². The highest BCUT2D eigenvalue weighted by molar-refractivity contribution is 6.42. The molecule has 0 saturated carbocycles. The second kappa shape index (κ2) is 10.1. The summed E-state index contributed by atoms with van der Waals surface area (Å²) in [7, 11) is 0. The number of piperidine rings is 1. The molecule has 4 N–H and O–H groups in total. The number of rotatable bonds is 6. The van der Waals surface area contributed by atoms with Gasteiger partial charge in [-0.3, -0.25) is 10.1 Å². The normalized spacial score (nSPS) is 19.8. The fourth-order valence-corrected chi connectivity index (χ4v) is 3.77. The van der Waals surface area contributed by atoms with Gasteiger partial charge in [0.1, 0.15) is 5.82 Å². The van der Waals surface area contributed by atoms with E-state index in [4.69, 9.17) is 28.9 Å². The van der Waals surface area contributed by atoms with Crippen molar-refractivity contribution in [2.75, 3.05) is 23.7 Å². The van der Waals surface area contributed by atoms with Crippen molar-refractivity contribution in [1.29, 1.82) is 0 Å². The predicted molar refractivity (Wildman–Crippen MR) is 123 cm³/mol. The fraction of sp³-hybridized carbons (Fsp3) is 0.421. The molecule has 0 amide bonds. The Kier molecular flexibility index (Phi) is 7.47. The smallest absolute Gasteiger partial charge is 0.268 e. The number of hydrogen-bond acceptors (Lipinski definition) is 7. The molecule has 2 atom stereocenters. The standard InChI is InChI=1S/C19H24Cl2N8O2/c1-3-28-10-13(5-7-17(28)29(30)31)24-16-8-11(2)23-19(26-16)27-18(22)25-12-4-6-14(20)15(21)9-12/h4,6,8-9,13,17H,3,5,7,10H2,1-2H3,(H4,22,23,24,25,26,27). The zero-order valence-electron chi connectivity index (χ0n) is 17.2. The van der Waals surface area contributed by atoms with Crippen molar-refractivity contribution in [3.63, 3.8) is 0 Å². The first-order chi connectivity index (χ1) is 14.7. The van der Waals surface area contributed by atoms with Crippen LogP contribution >= 0.6 is 23.2 Å². The van der Waals surface area contributed by atoms with Crippen LogP contribution in [0.1, 0.15) is 25.5 Å². The number of guanidine groups is 1. The lowest BCUT2D eigenvalue weighted by atomic mass is 10.0. The topological polar surface area (TPSA) is 135 Å². The third kappa shape index (κ3) is 6.16. The summed E-state index contributed by atoms with van der Waals surface area (Å²) >= 11 is 11.9. The number of halogens is 2. The number of anilines is 2. The van der Waals surface area contributed by atoms with Gasteiger partial charge in [0.05, 0.1) is 10.0 Å². The molecule has 0 spiro atoms. The molecule has 1 aromatic heterocycles. The molecule has 1 saturated heterocycles. The van der Waals surface area contributed by atoms with E-state index >= 15 is 0 Å². The number of likely N-dealkylation sites (tertiary alicyclic amines) is 1. The minimum atomic E-state index is -0.636. The minimum Gasteiger partial charge on any atom is -0.369 e. The van der Waals surface area contributed by atoms with E-state index in [-0.39, 0.29) is 22.9 Å². The Balaban J connectivity index is 1.70. The molecular weight excluding hydrogens is 443 g/mol. The van der Waals surface area contributed by atoms with Crippen molar-refractivity contribution in [3.05, 3.63) is 50.1 Å². The Morgan fingerprint density at radius 1 is 1.32 bits per heavy atom. The Hall–Kier alpha value is -2.69. The van der Waals surface area contributed by atoms with E-state index in [0.717, 1.165) is 0 Å². The second-order valence-electron chi connectivity index (χ2n) is 7.22. The molecule has 166 valence electrons. The van der Waals surface area contributed by atoms with Crippen LogP contribution in [0, 0.1) is 17.0 Å². The zero-order valence-corrected chi connectivity index (χ0v) is 18.7. The van der Waals surface area contributed by atoms with Gasteiger partial charge >= 0.3 is 0 Å². The van der Waals surface area contributed by atoms with Crippen molar-refractivity contribution < 1.29 is 4.92 Å². The monoisotopic (exact) mass is 466 g/mol. The summed E-state index contributed by atoms with van der Waals surface area (Å²) in [6.45, 7) is 4.92. The van der Waals surface area contributed by atoms with Gasteiger partial charge in [0.15, 0.2) is 0 Å². The summed E-state index contributed by atoms with van der Waals surface area (Å²) in [5, 5.41) is 18.3. The zero-order chi connectivity index (χ0) is 22.5. The largest absolute Gasteiger partial charge is 0.369 e. The van der Waals surface area contributed by atoms with Crippen LogP contribution in [-0.4, -0.2) is 51.0 Å². The van der Waals surface area contributed by atoms with Gasteiger partial charge < -0.3 is 16.4 Å². The summed E-state index contributed by atoms with van der Waals surface area (Å²) < 4.78 is 0. The van der Waals surface area contributed by atoms with Crippen LogP contribution in [-0.2, 0) is 0 Å². The van der Waals surface area contributed by atoms with Crippen molar-refractivity contribution in [2.45, 2.75) is 38.9 Å². The van der Waals surface area contributed by atoms with Crippen LogP contribution in [0.5, 0.6) is 0 Å². The molecule has 1 aromatic carbocycles. The third-order valence-electron chi connectivity index (χ3n) is 4.91. The molecule has 0 aliphatic carbocycles. The molecule has 0 bridgehead atoms. The molecule has 0 radical (unpaired) electrons. The number of aliphatic imine (C=N–C) groups is 1. The summed E-state index contributed by atoms with van der Waals surface area (Å²) in [5.74, 6) is 0.881. The molecule has 2 heterocycles. The van der Waals surface area contributed by atoms with Gasteiger partial charge in [-0.2, -0.15) is 9.98 Å². The van der Waals surface area contributed by atoms with E-state index in [1.54, 1.807) is 24.3 Å². The Morgan fingerprint density at radius 2 is 2.10 bits per heavy atom. The maximum absolute atomic E-state index is 11.2. The number of likely N-dealkylation sites (N-methyl/N-ethyl adjacent to an activating group) is 1. The highest BCUT2D eigenvalue weighted by Crippen LogP contribution is 2.25. The molecule has 1 aliphatic heterocycles. The Labute approximate surface area is 190 Å². The lowest BCUT2D eigenvalue weighted by Crippen LogP contribution is -2.51. The molecule has 2 aromatic rings. The maximum Gasteiger partial charge on any atom is 0.268 e. The molecule has 1 aliphatic rings. The molecule has 3 rings (SSSR count). The second-order valence-corrected chi connectivity index (χ2v) is 8.03. The van der Waals surface area contributed by atoms with Crippen LogP contribution in [0.15, 0.2) is 29.3 Å². The minimum absolute atomic E-state index is 0.0361. The van der Waals surface area contributed by atoms with Crippen molar-refractivity contribution >= 4 is 46.6 Å². The molecule has 10 nitrogen and oxygen atoms in total. The molecule has 1 fully saturated rings. The van der Waals surface area contributed by atoms with Gasteiger partial charge in [-0.1, -0.05) is 30.1 Å². The Bertz CT molecular complexity index is 987. The van der Waals surface area contributed by atoms with Crippen LogP contribution in [0.2, 0.25) is 10.0 Å². The number of aromatic nitrogens is 2. The summed E-state index contributed by atoms with van der Waals surface area (Å²) in [6, 6.07) is 6.85. The van der Waals surface area contributed by atoms with Crippen LogP contribution < -0.4 is 16.4 Å². The van der Waals surface area contributed by atoms with E-state index < -0.39 is 6.17 Å². The first-order valence-corrected chi connectivity index (χ1v) is 10.6. The van der Waals surface area contributed by atoms with Crippen molar-refractivity contribution in [2.24, 2.45) is 10.7 Å². The van der Waals surface area contributed by atoms with Crippen LogP contribution in [0.25, 0.3) is 0 Å². The lowest BCUT2D eigenvalue weighted by Gasteiger charge is -2.34. The molecule has 2 unspecified atom stereocenters. The van der Waals surface area contributed by atoms with E-state index in [1.807, 2.05) is 18.7 Å². The SMILES string of the molecule is CCN1CC(Nc2cc(C)nc(/N=C(\N)Nc3ccc(Cl)c(Cl)c3)n2)CCC1[N+](=O)[O-].